The van der Waals surface area contributed by atoms with E-state index in [9.17, 15) is 4.79 Å². The van der Waals surface area contributed by atoms with E-state index in [1.165, 1.54) is 63.4 Å². The summed E-state index contributed by atoms with van der Waals surface area (Å²) in [7, 11) is 0. The average molecular weight is 949 g/mol. The van der Waals surface area contributed by atoms with Gasteiger partial charge in [-0.1, -0.05) is 31.9 Å². The molecule has 13 rings (SSSR count). The third-order valence-electron chi connectivity index (χ3n) is 18.3. The van der Waals surface area contributed by atoms with Gasteiger partial charge in [0, 0.05) is 36.8 Å². The minimum absolute atomic E-state index is 0.0935. The van der Waals surface area contributed by atoms with E-state index in [0.29, 0.717) is 35.5 Å². The van der Waals surface area contributed by atoms with Gasteiger partial charge in [0.15, 0.2) is 0 Å². The number of carbonyl (C=O) groups is 2. The first-order valence-electron chi connectivity index (χ1n) is 27.1. The van der Waals surface area contributed by atoms with E-state index in [-0.39, 0.29) is 29.1 Å². The number of pyridine rings is 2. The van der Waals surface area contributed by atoms with Crippen LogP contribution >= 0.6 is 11.3 Å². The molecule has 69 heavy (non-hydrogen) atoms. The van der Waals surface area contributed by atoms with Gasteiger partial charge >= 0.3 is 0 Å². The molecule has 3 aromatic heterocycles. The largest absolute Gasteiger partial charge is 0.370 e. The number of carbonyl (C=O) groups excluding carboxylic acids is 2. The predicted molar refractivity (Wildman–Crippen MR) is 283 cm³/mol. The predicted octanol–water partition coefficient (Wildman–Crippen LogP) is 12.0. The van der Waals surface area contributed by atoms with Crippen LogP contribution in [0.25, 0.3) is 21.8 Å². The minimum atomic E-state index is -0.950. The first-order chi connectivity index (χ1) is 33.7. The molecule has 5 aromatic rings. The quantitative estimate of drug-likeness (QED) is 0.0408. The van der Waals surface area contributed by atoms with E-state index in [0.717, 1.165) is 135 Å². The van der Waals surface area contributed by atoms with Gasteiger partial charge in [-0.3, -0.25) is 14.5 Å². The van der Waals surface area contributed by atoms with Crippen molar-refractivity contribution in [2.24, 2.45) is 57.5 Å². The highest BCUT2D eigenvalue weighted by molar-refractivity contribution is 7.07. The van der Waals surface area contributed by atoms with Gasteiger partial charge in [0.25, 0.3) is 0 Å². The van der Waals surface area contributed by atoms with Crippen LogP contribution in [0.2, 0.25) is 0 Å². The number of nitrogens with one attached hydrogen (secondary N) is 4. The Bertz CT molecular complexity index is 2500. The number of hydrogen-bond donors (Lipinski definition) is 5. The van der Waals surface area contributed by atoms with E-state index in [1.54, 1.807) is 11.3 Å². The number of benzene rings is 2. The summed E-state index contributed by atoms with van der Waals surface area (Å²) in [6, 6.07) is 23.2. The fourth-order valence-electron chi connectivity index (χ4n) is 16.5. The smallest absolute Gasteiger partial charge is 0.239 e. The Kier molecular flexibility index (Phi) is 13.5. The highest BCUT2D eigenvalue weighted by atomic mass is 32.1. The number of aromatic nitrogens is 2. The van der Waals surface area contributed by atoms with Gasteiger partial charge in [-0.2, -0.15) is 11.3 Å². The number of unbranched alkanes of at least 4 members (excludes halogenated alkanes) is 2. The molecule has 0 spiro atoms. The highest BCUT2D eigenvalue weighted by Gasteiger charge is 2.74. The van der Waals surface area contributed by atoms with Crippen molar-refractivity contribution in [1.82, 2.24) is 20.6 Å². The Labute approximate surface area is 414 Å². The zero-order chi connectivity index (χ0) is 47.0. The van der Waals surface area contributed by atoms with Crippen molar-refractivity contribution in [3.63, 3.8) is 0 Å². The molecule has 0 radical (unpaired) electrons. The van der Waals surface area contributed by atoms with Crippen molar-refractivity contribution in [1.29, 1.82) is 0 Å². The van der Waals surface area contributed by atoms with E-state index in [2.05, 4.69) is 111 Å². The van der Waals surface area contributed by atoms with Crippen molar-refractivity contribution < 1.29 is 9.59 Å². The summed E-state index contributed by atoms with van der Waals surface area (Å²) in [5.41, 5.74) is 9.77. The molecule has 366 valence electrons. The molecule has 2 aromatic carbocycles. The minimum Gasteiger partial charge on any atom is -0.370 e. The van der Waals surface area contributed by atoms with Gasteiger partial charge in [-0.25, -0.2) is 9.97 Å². The van der Waals surface area contributed by atoms with Gasteiger partial charge in [0.05, 0.1) is 27.8 Å². The Balaban J connectivity index is 0.994. The van der Waals surface area contributed by atoms with E-state index < -0.39 is 5.41 Å². The summed E-state index contributed by atoms with van der Waals surface area (Å²) in [6.07, 6.45) is 19.6. The lowest BCUT2D eigenvalue weighted by atomic mass is 9.32. The van der Waals surface area contributed by atoms with Crippen LogP contribution in [0.4, 0.5) is 23.0 Å². The van der Waals surface area contributed by atoms with Crippen LogP contribution in [0.3, 0.4) is 0 Å². The number of fused-ring (bicyclic) bond motifs is 2. The Hall–Kier alpha value is -4.58. The van der Waals surface area contributed by atoms with Crippen molar-refractivity contribution in [2.45, 2.75) is 129 Å². The monoisotopic (exact) mass is 949 g/mol. The molecule has 8 aliphatic rings. The summed E-state index contributed by atoms with van der Waals surface area (Å²) < 4.78 is 0. The normalized spacial score (nSPS) is 28.3. The summed E-state index contributed by atoms with van der Waals surface area (Å²) in [6.45, 7) is 7.68. The Morgan fingerprint density at radius 3 is 1.59 bits per heavy atom. The van der Waals surface area contributed by atoms with Crippen LogP contribution < -0.4 is 31.9 Å². The Morgan fingerprint density at radius 2 is 1.13 bits per heavy atom. The second-order valence-corrected chi connectivity index (χ2v) is 23.8. The standard InChI is InChI=1S/C58H76N8O2S/c1-2-3-4-18-60-19-7-21-62-53-15-13-46-48(64-53)9-5-11-50(46)66(51-12-6-10-49-47(51)14-16-54(65-49)63-22-8-20-61-37-39-17-23-69-38-39)55(68)58(36-52(59)67,56-30-40-24-41(31-56)26-42(25-40)32-56)57-33-43-27-44(34-57)29-45(28-43)35-57/h5-6,9-17,23,38,40-45,60-61H,2-4,7-8,18-22,24-37H2,1H3,(H2,59,67)(H,62,64)(H,63,65). The van der Waals surface area contributed by atoms with E-state index in [4.69, 9.17) is 15.7 Å². The second kappa shape index (κ2) is 19.9. The van der Waals surface area contributed by atoms with Crippen molar-refractivity contribution in [3.8, 4) is 0 Å². The lowest BCUT2D eigenvalue weighted by Crippen LogP contribution is -2.70. The van der Waals surface area contributed by atoms with Crippen molar-refractivity contribution in [3.05, 3.63) is 83.1 Å². The molecule has 10 nitrogen and oxygen atoms in total. The van der Waals surface area contributed by atoms with Gasteiger partial charge in [0.2, 0.25) is 11.8 Å². The number of rotatable bonds is 23. The van der Waals surface area contributed by atoms with Crippen LogP contribution in [0.5, 0.6) is 0 Å². The summed E-state index contributed by atoms with van der Waals surface area (Å²) >= 11 is 1.73. The maximum Gasteiger partial charge on any atom is 0.239 e. The SMILES string of the molecule is CCCCCNCCCNc1ccc2c(N(C(=O)C(CC(N)=O)(C34CC5CC(CC(C5)C3)C4)C34CC5CC(CC(C5)C3)C4)c3cccc4nc(NCCCNCc5ccsc5)ccc34)cccc2n1. The highest BCUT2D eigenvalue weighted by Crippen LogP contribution is 2.77. The zero-order valence-corrected chi connectivity index (χ0v) is 41.9. The molecule has 8 saturated carbocycles. The molecule has 8 fully saturated rings. The Morgan fingerprint density at radius 1 is 0.638 bits per heavy atom. The number of nitrogens with two attached hydrogens (primary N) is 1. The van der Waals surface area contributed by atoms with Crippen LogP contribution in [-0.2, 0) is 16.1 Å². The van der Waals surface area contributed by atoms with Crippen LogP contribution in [0.1, 0.15) is 128 Å². The molecule has 2 amide bonds. The van der Waals surface area contributed by atoms with Crippen LogP contribution in [0.15, 0.2) is 77.5 Å². The molecular weight excluding hydrogens is 873 g/mol. The number of amides is 2. The first kappa shape index (κ1) is 46.8. The molecule has 0 atom stereocenters. The lowest BCUT2D eigenvalue weighted by molar-refractivity contribution is -0.226. The third kappa shape index (κ3) is 9.07. The molecule has 6 N–H and O–H groups in total. The summed E-state index contributed by atoms with van der Waals surface area (Å²) in [5.74, 6) is 5.05. The molecule has 3 heterocycles. The molecular formula is C58H76N8O2S. The number of anilines is 4. The van der Waals surface area contributed by atoms with Crippen LogP contribution in [0, 0.1) is 51.8 Å². The van der Waals surface area contributed by atoms with Crippen LogP contribution in [-0.4, -0.2) is 54.5 Å². The molecule has 8 bridgehead atoms. The summed E-state index contributed by atoms with van der Waals surface area (Å²) in [4.78, 5) is 44.4. The van der Waals surface area contributed by atoms with E-state index >= 15 is 4.79 Å². The van der Waals surface area contributed by atoms with Crippen molar-refractivity contribution >= 4 is 68.0 Å². The zero-order valence-electron chi connectivity index (χ0n) is 41.1. The second-order valence-electron chi connectivity index (χ2n) is 23.0. The molecule has 0 aliphatic heterocycles. The van der Waals surface area contributed by atoms with Crippen molar-refractivity contribution in [2.75, 3.05) is 48.3 Å². The van der Waals surface area contributed by atoms with Gasteiger partial charge in [-0.15, -0.1) is 0 Å². The van der Waals surface area contributed by atoms with Gasteiger partial charge in [0.1, 0.15) is 11.6 Å². The fourth-order valence-corrected chi connectivity index (χ4v) is 17.2. The molecule has 0 unspecified atom stereocenters. The number of primary amides is 1. The molecule has 8 aliphatic carbocycles. The number of nitrogens with zero attached hydrogens (tertiary/aromatic N) is 3. The van der Waals surface area contributed by atoms with Gasteiger partial charge < -0.3 is 27.0 Å². The molecule has 11 heteroatoms. The molecule has 0 saturated heterocycles. The average Bonchev–Trinajstić information content (AvgIpc) is 3.85. The van der Waals surface area contributed by atoms with Gasteiger partial charge in [-0.05, 0) is 233 Å². The topological polar surface area (TPSA) is 137 Å². The third-order valence-corrected chi connectivity index (χ3v) is 19.1. The maximum absolute atomic E-state index is 17.6. The first-order valence-corrected chi connectivity index (χ1v) is 28.0. The number of hydrogen-bond acceptors (Lipinski definition) is 9. The maximum atomic E-state index is 17.6. The lowest BCUT2D eigenvalue weighted by Gasteiger charge is -2.72. The fraction of sp³-hybridized carbons (Fsp3) is 0.586. The summed E-state index contributed by atoms with van der Waals surface area (Å²) in [5, 5.41) is 20.5. The van der Waals surface area contributed by atoms with E-state index in [1.807, 2.05) is 0 Å². The number of thiophene rings is 1.